The van der Waals surface area contributed by atoms with E-state index in [4.69, 9.17) is 0 Å². The van der Waals surface area contributed by atoms with E-state index in [2.05, 4.69) is 37.2 Å². The molecule has 2 amide bonds. The van der Waals surface area contributed by atoms with Crippen LogP contribution in [-0.2, 0) is 4.79 Å². The molecule has 1 aromatic rings. The molecule has 1 N–H and O–H groups in total. The lowest BCUT2D eigenvalue weighted by Gasteiger charge is -2.20. The zero-order valence-corrected chi connectivity index (χ0v) is 15.5. The SMILES string of the molecule is CCCNC(=O)CN(CCC)C(=O)c1cc(Br)c(Br)s1. The van der Waals surface area contributed by atoms with Crippen molar-refractivity contribution in [3.63, 3.8) is 0 Å². The lowest BCUT2D eigenvalue weighted by atomic mass is 10.3. The third-order valence-corrected chi connectivity index (χ3v) is 5.79. The van der Waals surface area contributed by atoms with Crippen LogP contribution in [0.2, 0.25) is 0 Å². The van der Waals surface area contributed by atoms with E-state index in [0.29, 0.717) is 18.0 Å². The molecule has 0 saturated carbocycles. The Morgan fingerprint density at radius 3 is 2.50 bits per heavy atom. The third-order valence-electron chi connectivity index (χ3n) is 2.54. The molecule has 0 atom stereocenters. The minimum absolute atomic E-state index is 0.102. The molecule has 4 nitrogen and oxygen atoms in total. The third kappa shape index (κ3) is 5.18. The summed E-state index contributed by atoms with van der Waals surface area (Å²) >= 11 is 8.12. The molecule has 0 fully saturated rings. The Hall–Kier alpha value is -0.400. The Morgan fingerprint density at radius 2 is 2.00 bits per heavy atom. The summed E-state index contributed by atoms with van der Waals surface area (Å²) in [5.74, 6) is -0.210. The normalized spacial score (nSPS) is 10.4. The lowest BCUT2D eigenvalue weighted by molar-refractivity contribution is -0.121. The van der Waals surface area contributed by atoms with Crippen LogP contribution in [0.4, 0.5) is 0 Å². The van der Waals surface area contributed by atoms with Crippen molar-refractivity contribution in [1.82, 2.24) is 10.2 Å². The first-order valence-corrected chi connectivity index (χ1v) is 8.90. The summed E-state index contributed by atoms with van der Waals surface area (Å²) in [6, 6.07) is 1.78. The van der Waals surface area contributed by atoms with Gasteiger partial charge >= 0.3 is 0 Å². The molecular formula is C13H18Br2N2O2S. The van der Waals surface area contributed by atoms with Crippen molar-refractivity contribution in [2.75, 3.05) is 19.6 Å². The molecule has 7 heteroatoms. The van der Waals surface area contributed by atoms with E-state index in [1.54, 1.807) is 11.0 Å². The van der Waals surface area contributed by atoms with Gasteiger partial charge in [0.05, 0.1) is 15.2 Å². The van der Waals surface area contributed by atoms with Gasteiger partial charge in [-0.15, -0.1) is 11.3 Å². The van der Waals surface area contributed by atoms with Crippen molar-refractivity contribution in [3.8, 4) is 0 Å². The second kappa shape index (κ2) is 8.79. The summed E-state index contributed by atoms with van der Waals surface area (Å²) < 4.78 is 1.74. The second-order valence-corrected chi connectivity index (χ2v) is 7.53. The van der Waals surface area contributed by atoms with E-state index >= 15 is 0 Å². The fraction of sp³-hybridized carbons (Fsp3) is 0.538. The number of nitrogens with zero attached hydrogens (tertiary/aromatic N) is 1. The summed E-state index contributed by atoms with van der Waals surface area (Å²) in [6.07, 6.45) is 1.71. The van der Waals surface area contributed by atoms with Gasteiger partial charge in [-0.25, -0.2) is 0 Å². The molecular weight excluding hydrogens is 408 g/mol. The Balaban J connectivity index is 2.74. The Kier molecular flexibility index (Phi) is 7.76. The monoisotopic (exact) mass is 424 g/mol. The number of hydrogen-bond donors (Lipinski definition) is 1. The number of thiophene rings is 1. The Labute approximate surface area is 140 Å². The van der Waals surface area contributed by atoms with Crippen LogP contribution in [0.1, 0.15) is 36.4 Å². The molecule has 0 aliphatic carbocycles. The molecule has 0 saturated heterocycles. The fourth-order valence-electron chi connectivity index (χ4n) is 1.62. The van der Waals surface area contributed by atoms with Gasteiger partial charge in [0, 0.05) is 17.6 Å². The van der Waals surface area contributed by atoms with E-state index in [1.807, 2.05) is 13.8 Å². The van der Waals surface area contributed by atoms with E-state index < -0.39 is 0 Å². The van der Waals surface area contributed by atoms with Crippen LogP contribution in [-0.4, -0.2) is 36.3 Å². The standard InChI is InChI=1S/C13H18Br2N2O2S/c1-3-5-16-11(18)8-17(6-4-2)13(19)10-7-9(14)12(15)20-10/h7H,3-6,8H2,1-2H3,(H,16,18). The molecule has 1 rings (SSSR count). The van der Waals surface area contributed by atoms with Crippen LogP contribution in [0.5, 0.6) is 0 Å². The number of amides is 2. The van der Waals surface area contributed by atoms with E-state index in [0.717, 1.165) is 21.1 Å². The number of carbonyl (C=O) groups excluding carboxylic acids is 2. The van der Waals surface area contributed by atoms with Crippen LogP contribution >= 0.6 is 43.2 Å². The van der Waals surface area contributed by atoms with Gasteiger partial charge in [0.1, 0.15) is 0 Å². The maximum Gasteiger partial charge on any atom is 0.264 e. The van der Waals surface area contributed by atoms with Gasteiger partial charge in [0.25, 0.3) is 5.91 Å². The molecule has 0 unspecified atom stereocenters. The highest BCUT2D eigenvalue weighted by atomic mass is 79.9. The molecule has 112 valence electrons. The number of carbonyl (C=O) groups is 2. The van der Waals surface area contributed by atoms with Gasteiger partial charge in [-0.2, -0.15) is 0 Å². The molecule has 0 aliphatic rings. The summed E-state index contributed by atoms with van der Waals surface area (Å²) in [5.41, 5.74) is 0. The van der Waals surface area contributed by atoms with Gasteiger partial charge in [-0.3, -0.25) is 9.59 Å². The summed E-state index contributed by atoms with van der Waals surface area (Å²) in [5, 5.41) is 2.80. The molecule has 0 radical (unpaired) electrons. The van der Waals surface area contributed by atoms with Crippen LogP contribution in [0.15, 0.2) is 14.3 Å². The first-order valence-electron chi connectivity index (χ1n) is 6.50. The zero-order valence-electron chi connectivity index (χ0n) is 11.5. The van der Waals surface area contributed by atoms with Gasteiger partial charge in [-0.05, 0) is 50.8 Å². The minimum atomic E-state index is -0.108. The maximum absolute atomic E-state index is 12.4. The molecule has 0 spiro atoms. The van der Waals surface area contributed by atoms with Crippen LogP contribution in [0, 0.1) is 0 Å². The molecule has 0 aromatic carbocycles. The Bertz CT molecular complexity index is 457. The summed E-state index contributed by atoms with van der Waals surface area (Å²) in [4.78, 5) is 26.4. The van der Waals surface area contributed by atoms with E-state index in [1.165, 1.54) is 11.3 Å². The number of hydrogen-bond acceptors (Lipinski definition) is 3. The predicted molar refractivity (Wildman–Crippen MR) is 89.2 cm³/mol. The highest BCUT2D eigenvalue weighted by Gasteiger charge is 2.20. The van der Waals surface area contributed by atoms with E-state index in [9.17, 15) is 9.59 Å². The predicted octanol–water partition coefficient (Wildman–Crippen LogP) is 3.65. The van der Waals surface area contributed by atoms with Crippen LogP contribution in [0.3, 0.4) is 0 Å². The number of nitrogens with one attached hydrogen (secondary N) is 1. The maximum atomic E-state index is 12.4. The smallest absolute Gasteiger partial charge is 0.264 e. The quantitative estimate of drug-likeness (QED) is 0.724. The minimum Gasteiger partial charge on any atom is -0.355 e. The largest absolute Gasteiger partial charge is 0.355 e. The topological polar surface area (TPSA) is 49.4 Å². The van der Waals surface area contributed by atoms with Crippen molar-refractivity contribution >= 4 is 55.0 Å². The van der Waals surface area contributed by atoms with Gasteiger partial charge in [0.15, 0.2) is 0 Å². The Morgan fingerprint density at radius 1 is 1.30 bits per heavy atom. The molecule has 0 aliphatic heterocycles. The van der Waals surface area contributed by atoms with Crippen molar-refractivity contribution in [2.24, 2.45) is 0 Å². The van der Waals surface area contributed by atoms with Crippen molar-refractivity contribution in [3.05, 3.63) is 19.2 Å². The zero-order chi connectivity index (χ0) is 15.1. The molecule has 1 aromatic heterocycles. The molecule has 0 bridgehead atoms. The summed E-state index contributed by atoms with van der Waals surface area (Å²) in [6.45, 7) is 5.31. The number of halogens is 2. The molecule has 1 heterocycles. The average molecular weight is 426 g/mol. The van der Waals surface area contributed by atoms with Crippen LogP contribution < -0.4 is 5.32 Å². The second-order valence-electron chi connectivity index (χ2n) is 4.31. The van der Waals surface area contributed by atoms with Gasteiger partial charge < -0.3 is 10.2 Å². The molecule has 20 heavy (non-hydrogen) atoms. The fourth-order valence-corrected chi connectivity index (χ4v) is 3.63. The van der Waals surface area contributed by atoms with E-state index in [-0.39, 0.29) is 18.4 Å². The van der Waals surface area contributed by atoms with Crippen molar-refractivity contribution < 1.29 is 9.59 Å². The first kappa shape index (κ1) is 17.7. The number of rotatable bonds is 7. The van der Waals surface area contributed by atoms with Crippen molar-refractivity contribution in [2.45, 2.75) is 26.7 Å². The average Bonchev–Trinajstić information content (AvgIpc) is 2.75. The highest BCUT2D eigenvalue weighted by Crippen LogP contribution is 2.32. The van der Waals surface area contributed by atoms with Crippen LogP contribution in [0.25, 0.3) is 0 Å². The lowest BCUT2D eigenvalue weighted by Crippen LogP contribution is -2.41. The van der Waals surface area contributed by atoms with Crippen molar-refractivity contribution in [1.29, 1.82) is 0 Å². The van der Waals surface area contributed by atoms with Gasteiger partial charge in [0.2, 0.25) is 5.91 Å². The highest BCUT2D eigenvalue weighted by molar-refractivity contribution is 9.13. The first-order chi connectivity index (χ1) is 9.49. The summed E-state index contributed by atoms with van der Waals surface area (Å²) in [7, 11) is 0. The van der Waals surface area contributed by atoms with Gasteiger partial charge in [-0.1, -0.05) is 13.8 Å².